The van der Waals surface area contributed by atoms with Crippen molar-refractivity contribution in [1.82, 2.24) is 0 Å². The molecule has 2 rings (SSSR count). The third kappa shape index (κ3) is 3.45. The molecule has 0 atom stereocenters. The molecule has 0 aliphatic carbocycles. The Morgan fingerprint density at radius 1 is 1.11 bits per heavy atom. The molecule has 0 bridgehead atoms. The summed E-state index contributed by atoms with van der Waals surface area (Å²) in [5.41, 5.74) is 7.74. The molecule has 0 aliphatic rings. The summed E-state index contributed by atoms with van der Waals surface area (Å²) < 4.78 is 13.5. The van der Waals surface area contributed by atoms with Gasteiger partial charge >= 0.3 is 6.03 Å². The summed E-state index contributed by atoms with van der Waals surface area (Å²) in [6.45, 7) is 1.82. The molecule has 0 saturated carbocycles. The Bertz CT molecular complexity index is 596. The maximum Gasteiger partial charge on any atom is 0.323 e. The molecule has 2 aromatic carbocycles. The van der Waals surface area contributed by atoms with Crippen molar-refractivity contribution in [1.29, 1.82) is 0 Å². The van der Waals surface area contributed by atoms with Crippen LogP contribution in [-0.2, 0) is 0 Å². The summed E-state index contributed by atoms with van der Waals surface area (Å²) in [5.74, 6) is -0.474. The summed E-state index contributed by atoms with van der Waals surface area (Å²) in [4.78, 5) is 11.7. The van der Waals surface area contributed by atoms with E-state index >= 15 is 0 Å². The van der Waals surface area contributed by atoms with Crippen molar-refractivity contribution in [2.24, 2.45) is 0 Å². The van der Waals surface area contributed by atoms with Gasteiger partial charge in [0.05, 0.1) is 5.69 Å². The van der Waals surface area contributed by atoms with Gasteiger partial charge < -0.3 is 16.4 Å². The molecule has 2 aromatic rings. The molecule has 4 nitrogen and oxygen atoms in total. The highest BCUT2D eigenvalue weighted by Gasteiger charge is 2.07. The number of nitrogen functional groups attached to an aromatic ring is 1. The molecule has 0 aliphatic heterocycles. The number of amides is 2. The predicted molar refractivity (Wildman–Crippen MR) is 74.6 cm³/mol. The second-order valence-corrected chi connectivity index (χ2v) is 4.18. The molecular weight excluding hydrogens is 245 g/mol. The van der Waals surface area contributed by atoms with Crippen molar-refractivity contribution >= 4 is 23.1 Å². The number of urea groups is 1. The van der Waals surface area contributed by atoms with Crippen LogP contribution in [0, 0.1) is 12.7 Å². The van der Waals surface area contributed by atoms with Crippen molar-refractivity contribution in [3.8, 4) is 0 Å². The molecule has 0 spiro atoms. The fourth-order valence-electron chi connectivity index (χ4n) is 1.59. The van der Waals surface area contributed by atoms with E-state index in [-0.39, 0.29) is 5.69 Å². The number of rotatable bonds is 2. The second-order valence-electron chi connectivity index (χ2n) is 4.18. The number of halogens is 1. The van der Waals surface area contributed by atoms with Crippen molar-refractivity contribution in [3.05, 3.63) is 53.8 Å². The van der Waals surface area contributed by atoms with Crippen LogP contribution in [0.3, 0.4) is 0 Å². The molecule has 0 aromatic heterocycles. The van der Waals surface area contributed by atoms with E-state index in [1.165, 1.54) is 6.07 Å². The quantitative estimate of drug-likeness (QED) is 0.724. The number of nitrogens with two attached hydrogens (primary N) is 1. The van der Waals surface area contributed by atoms with Gasteiger partial charge in [0.25, 0.3) is 0 Å². The minimum Gasteiger partial charge on any atom is -0.399 e. The first-order chi connectivity index (χ1) is 9.04. The maximum absolute atomic E-state index is 13.5. The lowest BCUT2D eigenvalue weighted by atomic mass is 10.2. The lowest BCUT2D eigenvalue weighted by molar-refractivity contribution is 0.262. The molecule has 2 amide bonds. The minimum absolute atomic E-state index is 0.146. The molecule has 0 unspecified atom stereocenters. The second kappa shape index (κ2) is 5.39. The molecule has 4 N–H and O–H groups in total. The van der Waals surface area contributed by atoms with Crippen molar-refractivity contribution in [2.75, 3.05) is 16.4 Å². The van der Waals surface area contributed by atoms with Gasteiger partial charge in [-0.15, -0.1) is 0 Å². The van der Waals surface area contributed by atoms with E-state index in [1.807, 2.05) is 6.92 Å². The van der Waals surface area contributed by atoms with E-state index in [0.29, 0.717) is 11.4 Å². The highest BCUT2D eigenvalue weighted by molar-refractivity contribution is 5.99. The van der Waals surface area contributed by atoms with Crippen molar-refractivity contribution < 1.29 is 9.18 Å². The summed E-state index contributed by atoms with van der Waals surface area (Å²) in [5, 5.41) is 5.05. The summed E-state index contributed by atoms with van der Waals surface area (Å²) in [7, 11) is 0. The number of aryl methyl sites for hydroxylation is 1. The van der Waals surface area contributed by atoms with E-state index in [9.17, 15) is 9.18 Å². The maximum atomic E-state index is 13.5. The van der Waals surface area contributed by atoms with Crippen LogP contribution in [0.2, 0.25) is 0 Å². The number of nitrogens with one attached hydrogen (secondary N) is 2. The molecule has 0 saturated heterocycles. The van der Waals surface area contributed by atoms with Crippen LogP contribution in [0.1, 0.15) is 5.56 Å². The van der Waals surface area contributed by atoms with E-state index in [2.05, 4.69) is 10.6 Å². The Labute approximate surface area is 110 Å². The highest BCUT2D eigenvalue weighted by Crippen LogP contribution is 2.16. The summed E-state index contributed by atoms with van der Waals surface area (Å²) in [6, 6.07) is 10.7. The Morgan fingerprint density at radius 3 is 2.47 bits per heavy atom. The number of anilines is 3. The van der Waals surface area contributed by atoms with Crippen LogP contribution >= 0.6 is 0 Å². The number of hydrogen-bond donors (Lipinski definition) is 3. The normalized spacial score (nSPS) is 10.0. The number of carbonyl (C=O) groups is 1. The zero-order valence-corrected chi connectivity index (χ0v) is 10.4. The Morgan fingerprint density at radius 2 is 1.79 bits per heavy atom. The van der Waals surface area contributed by atoms with Gasteiger partial charge in [-0.3, -0.25) is 0 Å². The zero-order valence-electron chi connectivity index (χ0n) is 10.4. The van der Waals surface area contributed by atoms with Crippen LogP contribution in [0.25, 0.3) is 0 Å². The van der Waals surface area contributed by atoms with Gasteiger partial charge in [-0.2, -0.15) is 0 Å². The van der Waals surface area contributed by atoms with E-state index in [0.717, 1.165) is 5.56 Å². The SMILES string of the molecule is Cc1ccc(F)c(NC(=O)Nc2ccc(N)cc2)c1. The molecule has 98 valence electrons. The molecule has 0 fully saturated rings. The lowest BCUT2D eigenvalue weighted by Crippen LogP contribution is -2.20. The first-order valence-electron chi connectivity index (χ1n) is 5.74. The smallest absolute Gasteiger partial charge is 0.323 e. The van der Waals surface area contributed by atoms with Crippen LogP contribution in [0.4, 0.5) is 26.2 Å². The fraction of sp³-hybridized carbons (Fsp3) is 0.0714. The minimum atomic E-state index is -0.505. The number of carbonyl (C=O) groups excluding carboxylic acids is 1. The predicted octanol–water partition coefficient (Wildman–Crippen LogP) is 3.36. The third-order valence-electron chi connectivity index (χ3n) is 2.54. The molecule has 0 radical (unpaired) electrons. The van der Waals surface area contributed by atoms with Gasteiger partial charge in [-0.25, -0.2) is 9.18 Å². The highest BCUT2D eigenvalue weighted by atomic mass is 19.1. The fourth-order valence-corrected chi connectivity index (χ4v) is 1.59. The van der Waals surface area contributed by atoms with Crippen LogP contribution < -0.4 is 16.4 Å². The van der Waals surface area contributed by atoms with E-state index < -0.39 is 11.8 Å². The Kier molecular flexibility index (Phi) is 3.66. The molecule has 0 heterocycles. The van der Waals surface area contributed by atoms with Gasteiger partial charge in [0, 0.05) is 11.4 Å². The lowest BCUT2D eigenvalue weighted by Gasteiger charge is -2.09. The van der Waals surface area contributed by atoms with Crippen LogP contribution in [0.5, 0.6) is 0 Å². The van der Waals surface area contributed by atoms with Crippen molar-refractivity contribution in [2.45, 2.75) is 6.92 Å². The van der Waals surface area contributed by atoms with Gasteiger partial charge in [0.2, 0.25) is 0 Å². The van der Waals surface area contributed by atoms with Gasteiger partial charge in [0.1, 0.15) is 5.82 Å². The molecule has 19 heavy (non-hydrogen) atoms. The molecule has 5 heteroatoms. The topological polar surface area (TPSA) is 67.2 Å². The van der Waals surface area contributed by atoms with E-state index in [4.69, 9.17) is 5.73 Å². The van der Waals surface area contributed by atoms with Crippen LogP contribution in [-0.4, -0.2) is 6.03 Å². The zero-order chi connectivity index (χ0) is 13.8. The van der Waals surface area contributed by atoms with Crippen LogP contribution in [0.15, 0.2) is 42.5 Å². The van der Waals surface area contributed by atoms with Crippen molar-refractivity contribution in [3.63, 3.8) is 0 Å². The Balaban J connectivity index is 2.05. The van der Waals surface area contributed by atoms with E-state index in [1.54, 1.807) is 36.4 Å². The standard InChI is InChI=1S/C14H14FN3O/c1-9-2-7-12(15)13(8-9)18-14(19)17-11-5-3-10(16)4-6-11/h2-8H,16H2,1H3,(H2,17,18,19). The van der Waals surface area contributed by atoms with Gasteiger partial charge in [-0.1, -0.05) is 6.07 Å². The van der Waals surface area contributed by atoms with Gasteiger partial charge in [-0.05, 0) is 48.9 Å². The summed E-state index contributed by atoms with van der Waals surface area (Å²) >= 11 is 0. The van der Waals surface area contributed by atoms with Gasteiger partial charge in [0.15, 0.2) is 0 Å². The molecular formula is C14H14FN3O. The Hall–Kier alpha value is -2.56. The third-order valence-corrected chi connectivity index (χ3v) is 2.54. The number of hydrogen-bond acceptors (Lipinski definition) is 2. The largest absolute Gasteiger partial charge is 0.399 e. The first-order valence-corrected chi connectivity index (χ1v) is 5.74. The average Bonchev–Trinajstić information content (AvgIpc) is 2.37. The monoisotopic (exact) mass is 259 g/mol. The summed E-state index contributed by atoms with van der Waals surface area (Å²) in [6.07, 6.45) is 0. The average molecular weight is 259 g/mol. The first kappa shape index (κ1) is 12.9. The number of benzene rings is 2.